The molecule has 0 aromatic carbocycles. The number of hydrogen-bond donors (Lipinski definition) is 0. The minimum Gasteiger partial charge on any atom is -0.247 e. The summed E-state index contributed by atoms with van der Waals surface area (Å²) in [6.07, 6.45) is 11.8. The minimum atomic E-state index is -3.07. The quantitative estimate of drug-likeness (QED) is 0.440. The van der Waals surface area contributed by atoms with Gasteiger partial charge in [0.2, 0.25) is 0 Å². The van der Waals surface area contributed by atoms with Crippen LogP contribution in [0.25, 0.3) is 0 Å². The van der Waals surface area contributed by atoms with E-state index in [9.17, 15) is 17.6 Å². The molecule has 0 aromatic heterocycles. The van der Waals surface area contributed by atoms with Crippen LogP contribution < -0.4 is 0 Å². The van der Waals surface area contributed by atoms with E-state index in [1.165, 1.54) is 38.5 Å². The molecule has 154 valence electrons. The van der Waals surface area contributed by atoms with Gasteiger partial charge in [-0.05, 0) is 75.0 Å². The van der Waals surface area contributed by atoms with E-state index < -0.39 is 24.7 Å². The molecule has 3 rings (SSSR count). The highest BCUT2D eigenvalue weighted by Gasteiger charge is 2.40. The Labute approximate surface area is 157 Å². The van der Waals surface area contributed by atoms with Crippen LogP contribution in [0.2, 0.25) is 0 Å². The fraction of sp³-hybridized carbons (Fsp3) is 1.00. The van der Waals surface area contributed by atoms with E-state index >= 15 is 0 Å². The van der Waals surface area contributed by atoms with Gasteiger partial charge in [0.25, 0.3) is 5.92 Å². The van der Waals surface area contributed by atoms with Gasteiger partial charge in [0.1, 0.15) is 6.17 Å². The van der Waals surface area contributed by atoms with Gasteiger partial charge in [0.15, 0.2) is 6.67 Å². The van der Waals surface area contributed by atoms with Crippen molar-refractivity contribution in [3.05, 3.63) is 0 Å². The third kappa shape index (κ3) is 6.71. The smallest absolute Gasteiger partial charge is 0.247 e. The van der Waals surface area contributed by atoms with Crippen molar-refractivity contribution in [2.24, 2.45) is 29.6 Å². The Morgan fingerprint density at radius 3 is 1.46 bits per heavy atom. The summed E-state index contributed by atoms with van der Waals surface area (Å²) < 4.78 is 50.5. The number of alkyl halides is 4. The summed E-state index contributed by atoms with van der Waals surface area (Å²) in [5, 5.41) is 0. The highest BCUT2D eigenvalue weighted by atomic mass is 19.3. The predicted octanol–water partition coefficient (Wildman–Crippen LogP) is 7.76. The van der Waals surface area contributed by atoms with Gasteiger partial charge in [-0.2, -0.15) is 0 Å². The fourth-order valence-electron chi connectivity index (χ4n) is 5.10. The summed E-state index contributed by atoms with van der Waals surface area (Å²) in [6.45, 7) is 2.94. The van der Waals surface area contributed by atoms with Crippen molar-refractivity contribution in [2.45, 2.75) is 103 Å². The largest absolute Gasteiger partial charge is 0.278 e. The predicted molar refractivity (Wildman–Crippen MR) is 100 cm³/mol. The van der Waals surface area contributed by atoms with Crippen molar-refractivity contribution in [1.29, 1.82) is 0 Å². The maximum atomic E-state index is 13.0. The highest BCUT2D eigenvalue weighted by Crippen LogP contribution is 2.40. The van der Waals surface area contributed by atoms with E-state index in [0.29, 0.717) is 18.8 Å². The standard InChI is InChI=1S/C13H23F.C9H15F3/c1-10-2-4-11(5-3-10)12-6-8-13(14)9-7-12;1-7-2-4-8(5-3-7)9(11,12)6-10/h10-13H,2-9H2,1H3;7-8H,2-6H2,1H3. The summed E-state index contributed by atoms with van der Waals surface area (Å²) in [7, 11) is 0. The van der Waals surface area contributed by atoms with Gasteiger partial charge < -0.3 is 0 Å². The van der Waals surface area contributed by atoms with Crippen LogP contribution in [0, 0.1) is 29.6 Å². The second-order valence-electron chi connectivity index (χ2n) is 9.38. The minimum absolute atomic E-state index is 0.478. The fourth-order valence-corrected chi connectivity index (χ4v) is 5.10. The van der Waals surface area contributed by atoms with E-state index in [1.54, 1.807) is 0 Å². The molecule has 3 aliphatic carbocycles. The first-order valence-corrected chi connectivity index (χ1v) is 10.9. The molecule has 0 spiro atoms. The van der Waals surface area contributed by atoms with Gasteiger partial charge in [0.05, 0.1) is 0 Å². The van der Waals surface area contributed by atoms with Crippen LogP contribution in [-0.4, -0.2) is 18.8 Å². The first kappa shape index (κ1) is 22.0. The molecule has 0 bridgehead atoms. The van der Waals surface area contributed by atoms with E-state index in [0.717, 1.165) is 43.4 Å². The summed E-state index contributed by atoms with van der Waals surface area (Å²) in [5.74, 6) is -0.479. The number of hydrogen-bond acceptors (Lipinski definition) is 0. The van der Waals surface area contributed by atoms with Crippen LogP contribution in [0.15, 0.2) is 0 Å². The first-order valence-electron chi connectivity index (χ1n) is 10.9. The van der Waals surface area contributed by atoms with Crippen molar-refractivity contribution in [1.82, 2.24) is 0 Å². The second kappa shape index (κ2) is 10.3. The Morgan fingerprint density at radius 1 is 0.654 bits per heavy atom. The average Bonchev–Trinajstić information content (AvgIpc) is 2.64. The summed E-state index contributed by atoms with van der Waals surface area (Å²) >= 11 is 0. The zero-order chi connectivity index (χ0) is 19.2. The lowest BCUT2D eigenvalue weighted by atomic mass is 9.71. The van der Waals surface area contributed by atoms with Crippen LogP contribution in [-0.2, 0) is 0 Å². The van der Waals surface area contributed by atoms with Crippen LogP contribution in [0.5, 0.6) is 0 Å². The third-order valence-electron chi connectivity index (χ3n) is 7.22. The van der Waals surface area contributed by atoms with Gasteiger partial charge in [-0.15, -0.1) is 0 Å². The molecule has 3 fully saturated rings. The molecule has 0 amide bonds. The second-order valence-corrected chi connectivity index (χ2v) is 9.38. The highest BCUT2D eigenvalue weighted by molar-refractivity contribution is 4.82. The summed E-state index contributed by atoms with van der Waals surface area (Å²) in [5.41, 5.74) is 0. The maximum Gasteiger partial charge on any atom is 0.278 e. The van der Waals surface area contributed by atoms with Crippen molar-refractivity contribution < 1.29 is 17.6 Å². The van der Waals surface area contributed by atoms with Crippen molar-refractivity contribution in [2.75, 3.05) is 6.67 Å². The van der Waals surface area contributed by atoms with Gasteiger partial charge in [-0.1, -0.05) is 39.5 Å². The third-order valence-corrected chi connectivity index (χ3v) is 7.22. The monoisotopic (exact) mass is 378 g/mol. The Hall–Kier alpha value is -0.280. The first-order chi connectivity index (χ1) is 12.3. The van der Waals surface area contributed by atoms with Crippen LogP contribution in [0.3, 0.4) is 0 Å². The van der Waals surface area contributed by atoms with Crippen LogP contribution >= 0.6 is 0 Å². The summed E-state index contributed by atoms with van der Waals surface area (Å²) in [6, 6.07) is 0. The van der Waals surface area contributed by atoms with Crippen molar-refractivity contribution >= 4 is 0 Å². The van der Waals surface area contributed by atoms with Gasteiger partial charge in [-0.3, -0.25) is 0 Å². The molecule has 0 nitrogen and oxygen atoms in total. The van der Waals surface area contributed by atoms with Gasteiger partial charge >= 0.3 is 0 Å². The van der Waals surface area contributed by atoms with E-state index in [4.69, 9.17) is 0 Å². The molecule has 0 heterocycles. The molecule has 26 heavy (non-hydrogen) atoms. The Morgan fingerprint density at radius 2 is 1.04 bits per heavy atom. The molecule has 0 radical (unpaired) electrons. The molecule has 0 N–H and O–H groups in total. The van der Waals surface area contributed by atoms with Gasteiger partial charge in [-0.25, -0.2) is 17.6 Å². The zero-order valence-corrected chi connectivity index (χ0v) is 16.7. The van der Waals surface area contributed by atoms with E-state index in [-0.39, 0.29) is 0 Å². The lowest BCUT2D eigenvalue weighted by Crippen LogP contribution is -2.33. The topological polar surface area (TPSA) is 0 Å². The normalized spacial score (nSPS) is 39.0. The molecule has 4 heteroatoms. The average molecular weight is 379 g/mol. The molecule has 0 saturated heterocycles. The lowest BCUT2D eigenvalue weighted by Gasteiger charge is -2.35. The van der Waals surface area contributed by atoms with Gasteiger partial charge in [0, 0.05) is 5.92 Å². The molecule has 0 atom stereocenters. The van der Waals surface area contributed by atoms with Crippen LogP contribution in [0.1, 0.15) is 90.9 Å². The molecule has 0 aliphatic heterocycles. The van der Waals surface area contributed by atoms with E-state index in [2.05, 4.69) is 13.8 Å². The maximum absolute atomic E-state index is 13.0. The Bertz CT molecular complexity index is 354. The molecule has 3 saturated carbocycles. The SMILES string of the molecule is CC1CCC(C(F)(F)CF)CC1.CC1CCC(C2CCC(F)CC2)CC1. The molecule has 0 aromatic rings. The molecule has 0 unspecified atom stereocenters. The number of rotatable bonds is 3. The zero-order valence-electron chi connectivity index (χ0n) is 16.7. The molecule has 3 aliphatic rings. The lowest BCUT2D eigenvalue weighted by molar-refractivity contribution is -0.0901. The molecular formula is C22H38F4. The van der Waals surface area contributed by atoms with Crippen LogP contribution in [0.4, 0.5) is 17.6 Å². The van der Waals surface area contributed by atoms with Crippen molar-refractivity contribution in [3.63, 3.8) is 0 Å². The Balaban J connectivity index is 0.000000190. The summed E-state index contributed by atoms with van der Waals surface area (Å²) in [4.78, 5) is 0. The molecular weight excluding hydrogens is 340 g/mol. The Kier molecular flexibility index (Phi) is 8.73. The van der Waals surface area contributed by atoms with E-state index in [1.807, 2.05) is 0 Å². The number of halogens is 4. The van der Waals surface area contributed by atoms with Crippen molar-refractivity contribution in [3.8, 4) is 0 Å².